The van der Waals surface area contributed by atoms with Gasteiger partial charge in [-0.1, -0.05) is 0 Å². The molecule has 1 fully saturated rings. The lowest BCUT2D eigenvalue weighted by atomic mass is 10.4. The molecule has 1 saturated heterocycles. The lowest BCUT2D eigenvalue weighted by Crippen LogP contribution is -2.50. The number of nitriles is 1. The smallest absolute Gasteiger partial charge is 0.347 e. The summed E-state index contributed by atoms with van der Waals surface area (Å²) in [5.41, 5.74) is -1.27. The topological polar surface area (TPSA) is 91.1 Å². The summed E-state index contributed by atoms with van der Waals surface area (Å²) in [7, 11) is 0. The standard InChI is InChI=1S/C9H10N4O3/c10-5-7-6-13(9(15)11-8(7)14)12-1-3-16-4-2-12/h6H,1-4H2,(H,11,14,15). The Morgan fingerprint density at radius 2 is 2.06 bits per heavy atom. The Morgan fingerprint density at radius 1 is 1.38 bits per heavy atom. The number of hydrogen-bond donors (Lipinski definition) is 1. The lowest BCUT2D eigenvalue weighted by molar-refractivity contribution is 0.110. The summed E-state index contributed by atoms with van der Waals surface area (Å²) in [5.74, 6) is 0. The first-order valence-electron chi connectivity index (χ1n) is 4.81. The highest BCUT2D eigenvalue weighted by Crippen LogP contribution is 1.94. The van der Waals surface area contributed by atoms with E-state index in [0.717, 1.165) is 0 Å². The molecule has 0 spiro atoms. The first-order valence-corrected chi connectivity index (χ1v) is 4.81. The summed E-state index contributed by atoms with van der Waals surface area (Å²) in [4.78, 5) is 24.8. The van der Waals surface area contributed by atoms with Crippen LogP contribution in [0, 0.1) is 11.3 Å². The Balaban J connectivity index is 2.44. The van der Waals surface area contributed by atoms with Crippen molar-refractivity contribution in [1.29, 1.82) is 5.26 Å². The zero-order valence-corrected chi connectivity index (χ0v) is 8.47. The number of nitrogens with one attached hydrogen (secondary N) is 1. The maximum atomic E-state index is 11.5. The molecule has 0 aliphatic carbocycles. The predicted molar refractivity (Wildman–Crippen MR) is 54.8 cm³/mol. The molecule has 2 rings (SSSR count). The van der Waals surface area contributed by atoms with Crippen molar-refractivity contribution < 1.29 is 4.74 Å². The molecule has 0 saturated carbocycles. The third kappa shape index (κ3) is 1.83. The molecule has 1 aliphatic heterocycles. The van der Waals surface area contributed by atoms with Crippen LogP contribution in [0.3, 0.4) is 0 Å². The molecule has 7 heteroatoms. The summed E-state index contributed by atoms with van der Waals surface area (Å²) in [6.07, 6.45) is 1.26. The van der Waals surface area contributed by atoms with Crippen LogP contribution in [0.25, 0.3) is 0 Å². The zero-order chi connectivity index (χ0) is 11.5. The van der Waals surface area contributed by atoms with Crippen molar-refractivity contribution in [3.63, 3.8) is 0 Å². The Bertz CT molecular complexity index is 533. The monoisotopic (exact) mass is 222 g/mol. The lowest BCUT2D eigenvalue weighted by Gasteiger charge is -2.29. The zero-order valence-electron chi connectivity index (χ0n) is 8.47. The molecule has 0 bridgehead atoms. The first kappa shape index (κ1) is 10.4. The molecule has 7 nitrogen and oxygen atoms in total. The third-order valence-corrected chi connectivity index (χ3v) is 2.34. The second-order valence-electron chi connectivity index (χ2n) is 3.32. The van der Waals surface area contributed by atoms with Crippen LogP contribution in [0.5, 0.6) is 0 Å². The van der Waals surface area contributed by atoms with E-state index in [0.29, 0.717) is 26.3 Å². The normalized spacial score (nSPS) is 15.8. The molecular formula is C9H10N4O3. The molecule has 0 atom stereocenters. The molecule has 0 radical (unpaired) electrons. The number of aromatic amines is 1. The van der Waals surface area contributed by atoms with E-state index >= 15 is 0 Å². The summed E-state index contributed by atoms with van der Waals surface area (Å²) in [5, 5.41) is 10.4. The van der Waals surface area contributed by atoms with Gasteiger partial charge in [0.05, 0.1) is 32.5 Å². The Labute approximate surface area is 90.5 Å². The van der Waals surface area contributed by atoms with Gasteiger partial charge in [0.25, 0.3) is 5.56 Å². The van der Waals surface area contributed by atoms with Crippen LogP contribution in [0.4, 0.5) is 0 Å². The molecule has 1 aromatic heterocycles. The van der Waals surface area contributed by atoms with Crippen molar-refractivity contribution in [2.45, 2.75) is 0 Å². The van der Waals surface area contributed by atoms with Gasteiger partial charge >= 0.3 is 5.69 Å². The van der Waals surface area contributed by atoms with Gasteiger partial charge in [-0.15, -0.1) is 0 Å². The molecule has 1 aromatic rings. The van der Waals surface area contributed by atoms with Crippen molar-refractivity contribution in [2.24, 2.45) is 0 Å². The molecule has 0 amide bonds. The van der Waals surface area contributed by atoms with Crippen LogP contribution in [0.1, 0.15) is 5.56 Å². The van der Waals surface area contributed by atoms with Crippen LogP contribution in [0.2, 0.25) is 0 Å². The van der Waals surface area contributed by atoms with Gasteiger partial charge < -0.3 is 9.75 Å². The van der Waals surface area contributed by atoms with Crippen molar-refractivity contribution in [3.05, 3.63) is 32.6 Å². The molecule has 0 unspecified atom stereocenters. The fourth-order valence-corrected chi connectivity index (χ4v) is 1.52. The minimum atomic E-state index is -0.656. The number of ether oxygens (including phenoxy) is 1. The van der Waals surface area contributed by atoms with Crippen molar-refractivity contribution in [2.75, 3.05) is 31.3 Å². The van der Waals surface area contributed by atoms with Gasteiger partial charge in [0, 0.05) is 0 Å². The van der Waals surface area contributed by atoms with Gasteiger partial charge in [0.2, 0.25) is 0 Å². The van der Waals surface area contributed by atoms with E-state index in [1.165, 1.54) is 10.9 Å². The molecule has 0 aromatic carbocycles. The van der Waals surface area contributed by atoms with Crippen LogP contribution < -0.4 is 16.3 Å². The highest BCUT2D eigenvalue weighted by atomic mass is 16.5. The third-order valence-electron chi connectivity index (χ3n) is 2.34. The summed E-state index contributed by atoms with van der Waals surface area (Å²) in [6.45, 7) is 2.15. The number of hydrogen-bond acceptors (Lipinski definition) is 5. The number of morpholine rings is 1. The van der Waals surface area contributed by atoms with Gasteiger partial charge in [0.15, 0.2) is 0 Å². The Hall–Kier alpha value is -2.07. The van der Waals surface area contributed by atoms with E-state index in [1.54, 1.807) is 11.1 Å². The van der Waals surface area contributed by atoms with E-state index in [4.69, 9.17) is 10.00 Å². The molecule has 2 heterocycles. The number of nitrogens with zero attached hydrogens (tertiary/aromatic N) is 3. The number of H-pyrrole nitrogens is 1. The molecule has 1 aliphatic rings. The van der Waals surface area contributed by atoms with Gasteiger partial charge in [-0.25, -0.2) is 9.47 Å². The average Bonchev–Trinajstić information content (AvgIpc) is 2.30. The maximum Gasteiger partial charge on any atom is 0.347 e. The minimum Gasteiger partial charge on any atom is -0.378 e. The van der Waals surface area contributed by atoms with Crippen molar-refractivity contribution in [3.8, 4) is 6.07 Å². The number of aromatic nitrogens is 2. The predicted octanol–water partition coefficient (Wildman–Crippen LogP) is -1.62. The summed E-state index contributed by atoms with van der Waals surface area (Å²) < 4.78 is 6.40. The fourth-order valence-electron chi connectivity index (χ4n) is 1.52. The summed E-state index contributed by atoms with van der Waals surface area (Å²) >= 11 is 0. The second-order valence-corrected chi connectivity index (χ2v) is 3.32. The SMILES string of the molecule is N#Cc1cn(N2CCOCC2)c(=O)[nH]c1=O. The fraction of sp³-hybridized carbons (Fsp3) is 0.444. The maximum absolute atomic E-state index is 11.5. The van der Waals surface area contributed by atoms with E-state index < -0.39 is 11.2 Å². The summed E-state index contributed by atoms with van der Waals surface area (Å²) in [6, 6.07) is 1.74. The van der Waals surface area contributed by atoms with Gasteiger partial charge in [-0.2, -0.15) is 5.26 Å². The molecule has 16 heavy (non-hydrogen) atoms. The highest BCUT2D eigenvalue weighted by molar-refractivity contribution is 5.22. The second kappa shape index (κ2) is 4.20. The molecule has 1 N–H and O–H groups in total. The van der Waals surface area contributed by atoms with E-state index in [-0.39, 0.29) is 5.56 Å². The Kier molecular flexibility index (Phi) is 2.74. The molecule has 84 valence electrons. The van der Waals surface area contributed by atoms with Crippen molar-refractivity contribution in [1.82, 2.24) is 9.66 Å². The van der Waals surface area contributed by atoms with Crippen LogP contribution in [-0.2, 0) is 4.74 Å². The van der Waals surface area contributed by atoms with Crippen LogP contribution in [0.15, 0.2) is 15.8 Å². The Morgan fingerprint density at radius 3 is 2.69 bits per heavy atom. The van der Waals surface area contributed by atoms with Crippen LogP contribution >= 0.6 is 0 Å². The van der Waals surface area contributed by atoms with Gasteiger partial charge in [-0.05, 0) is 0 Å². The van der Waals surface area contributed by atoms with E-state index in [1.807, 2.05) is 0 Å². The largest absolute Gasteiger partial charge is 0.378 e. The average molecular weight is 222 g/mol. The number of rotatable bonds is 1. The van der Waals surface area contributed by atoms with Gasteiger partial charge in [-0.3, -0.25) is 9.78 Å². The van der Waals surface area contributed by atoms with Gasteiger partial charge in [0.1, 0.15) is 11.6 Å². The first-order chi connectivity index (χ1) is 7.72. The van der Waals surface area contributed by atoms with E-state index in [2.05, 4.69) is 4.98 Å². The highest BCUT2D eigenvalue weighted by Gasteiger charge is 2.13. The van der Waals surface area contributed by atoms with E-state index in [9.17, 15) is 9.59 Å². The van der Waals surface area contributed by atoms with Crippen molar-refractivity contribution >= 4 is 0 Å². The van der Waals surface area contributed by atoms with Crippen LogP contribution in [-0.4, -0.2) is 36.0 Å². The minimum absolute atomic E-state index is 0.0777. The molecular weight excluding hydrogens is 212 g/mol. The quantitative estimate of drug-likeness (QED) is 0.616.